The van der Waals surface area contributed by atoms with Crippen molar-refractivity contribution in [1.29, 1.82) is 0 Å². The van der Waals surface area contributed by atoms with Crippen molar-refractivity contribution in [1.82, 2.24) is 9.88 Å². The van der Waals surface area contributed by atoms with Gasteiger partial charge in [0.05, 0.1) is 21.5 Å². The lowest BCUT2D eigenvalue weighted by molar-refractivity contribution is 0.0714. The SMILES string of the molecule is CSC1(C(N)=S)CCN(C(=O)c2ccncc2F)CC1. The Morgan fingerprint density at radius 2 is 2.20 bits per heavy atom. The maximum atomic E-state index is 13.6. The molecule has 0 aromatic carbocycles. The van der Waals surface area contributed by atoms with Crippen molar-refractivity contribution < 1.29 is 9.18 Å². The summed E-state index contributed by atoms with van der Waals surface area (Å²) in [6.45, 7) is 1.05. The Hall–Kier alpha value is -1.21. The molecule has 1 fully saturated rings. The predicted octanol–water partition coefficient (Wildman–Crippen LogP) is 1.84. The van der Waals surface area contributed by atoms with Crippen LogP contribution in [0.3, 0.4) is 0 Å². The molecule has 1 aliphatic heterocycles. The molecule has 1 aliphatic rings. The zero-order valence-electron chi connectivity index (χ0n) is 11.1. The van der Waals surface area contributed by atoms with E-state index in [1.165, 1.54) is 12.3 Å². The van der Waals surface area contributed by atoms with Crippen molar-refractivity contribution in [3.8, 4) is 0 Å². The molecular formula is C13H16FN3OS2. The molecule has 0 aliphatic carbocycles. The van der Waals surface area contributed by atoms with E-state index in [0.717, 1.165) is 6.20 Å². The summed E-state index contributed by atoms with van der Waals surface area (Å²) in [4.78, 5) is 18.0. The third-order valence-electron chi connectivity index (χ3n) is 3.70. The number of aromatic nitrogens is 1. The van der Waals surface area contributed by atoms with Gasteiger partial charge in [-0.1, -0.05) is 12.2 Å². The molecule has 0 unspecified atom stereocenters. The summed E-state index contributed by atoms with van der Waals surface area (Å²) in [5.41, 5.74) is 5.87. The van der Waals surface area contributed by atoms with Crippen LogP contribution in [-0.4, -0.2) is 44.9 Å². The molecule has 0 atom stereocenters. The number of carbonyl (C=O) groups excluding carboxylic acids is 1. The molecule has 4 nitrogen and oxygen atoms in total. The molecule has 1 aromatic rings. The average molecular weight is 313 g/mol. The molecule has 0 saturated carbocycles. The highest BCUT2D eigenvalue weighted by Gasteiger charge is 2.38. The number of pyridine rings is 1. The van der Waals surface area contributed by atoms with E-state index in [0.29, 0.717) is 30.9 Å². The fourth-order valence-corrected chi connectivity index (χ4v) is 3.59. The third-order valence-corrected chi connectivity index (χ3v) is 5.63. The molecule has 20 heavy (non-hydrogen) atoms. The average Bonchev–Trinajstić information content (AvgIpc) is 2.47. The summed E-state index contributed by atoms with van der Waals surface area (Å²) < 4.78 is 13.3. The van der Waals surface area contributed by atoms with Crippen LogP contribution in [0.2, 0.25) is 0 Å². The van der Waals surface area contributed by atoms with Crippen LogP contribution in [0.1, 0.15) is 23.2 Å². The fourth-order valence-electron chi connectivity index (χ4n) is 2.34. The van der Waals surface area contributed by atoms with Crippen LogP contribution in [0, 0.1) is 5.82 Å². The number of nitrogens with zero attached hydrogens (tertiary/aromatic N) is 2. The number of hydrogen-bond donors (Lipinski definition) is 1. The van der Waals surface area contributed by atoms with E-state index in [-0.39, 0.29) is 16.2 Å². The molecule has 0 spiro atoms. The Balaban J connectivity index is 2.10. The van der Waals surface area contributed by atoms with Gasteiger partial charge in [0.1, 0.15) is 0 Å². The molecule has 0 radical (unpaired) electrons. The van der Waals surface area contributed by atoms with Gasteiger partial charge in [-0.3, -0.25) is 9.78 Å². The first-order valence-electron chi connectivity index (χ1n) is 6.24. The summed E-state index contributed by atoms with van der Waals surface area (Å²) in [6, 6.07) is 1.40. The molecule has 1 aromatic heterocycles. The van der Waals surface area contributed by atoms with E-state index in [1.807, 2.05) is 6.26 Å². The molecule has 1 amide bonds. The monoisotopic (exact) mass is 313 g/mol. The number of likely N-dealkylation sites (tertiary alicyclic amines) is 1. The number of carbonyl (C=O) groups is 1. The maximum absolute atomic E-state index is 13.6. The van der Waals surface area contributed by atoms with Gasteiger partial charge in [0.25, 0.3) is 5.91 Å². The van der Waals surface area contributed by atoms with Gasteiger partial charge in [-0.25, -0.2) is 4.39 Å². The highest BCUT2D eigenvalue weighted by Crippen LogP contribution is 2.35. The molecule has 108 valence electrons. The number of rotatable bonds is 3. The molecular weight excluding hydrogens is 297 g/mol. The van der Waals surface area contributed by atoms with Gasteiger partial charge in [0.2, 0.25) is 0 Å². The van der Waals surface area contributed by atoms with Gasteiger partial charge in [-0.05, 0) is 25.2 Å². The number of nitrogens with two attached hydrogens (primary N) is 1. The zero-order valence-corrected chi connectivity index (χ0v) is 12.8. The van der Waals surface area contributed by atoms with Crippen molar-refractivity contribution in [2.24, 2.45) is 5.73 Å². The van der Waals surface area contributed by atoms with Gasteiger partial charge >= 0.3 is 0 Å². The number of piperidine rings is 1. The Morgan fingerprint density at radius 3 is 2.70 bits per heavy atom. The summed E-state index contributed by atoms with van der Waals surface area (Å²) in [6.07, 6.45) is 5.84. The van der Waals surface area contributed by atoms with Crippen LogP contribution in [0.5, 0.6) is 0 Å². The number of thioether (sulfide) groups is 1. The van der Waals surface area contributed by atoms with Gasteiger partial charge in [0.15, 0.2) is 5.82 Å². The minimum Gasteiger partial charge on any atom is -0.392 e. The van der Waals surface area contributed by atoms with Crippen LogP contribution in [0.25, 0.3) is 0 Å². The smallest absolute Gasteiger partial charge is 0.256 e. The second-order valence-corrected chi connectivity index (χ2v) is 6.34. The fraction of sp³-hybridized carbons (Fsp3) is 0.462. The molecule has 7 heteroatoms. The number of halogens is 1. The zero-order chi connectivity index (χ0) is 14.8. The van der Waals surface area contributed by atoms with Gasteiger partial charge < -0.3 is 10.6 Å². The van der Waals surface area contributed by atoms with E-state index in [2.05, 4.69) is 4.98 Å². The number of amides is 1. The molecule has 0 bridgehead atoms. The maximum Gasteiger partial charge on any atom is 0.256 e. The Kier molecular flexibility index (Phi) is 4.59. The van der Waals surface area contributed by atoms with Crippen molar-refractivity contribution in [3.05, 3.63) is 29.8 Å². The topological polar surface area (TPSA) is 59.2 Å². The lowest BCUT2D eigenvalue weighted by Gasteiger charge is -2.40. The molecule has 2 N–H and O–H groups in total. The molecule has 1 saturated heterocycles. The van der Waals surface area contributed by atoms with E-state index in [1.54, 1.807) is 16.7 Å². The van der Waals surface area contributed by atoms with Crippen LogP contribution >= 0.6 is 24.0 Å². The van der Waals surface area contributed by atoms with Gasteiger partial charge in [-0.2, -0.15) is 11.8 Å². The quantitative estimate of drug-likeness (QED) is 0.863. The van der Waals surface area contributed by atoms with Crippen molar-refractivity contribution >= 4 is 34.9 Å². The number of thiocarbonyl (C=S) groups is 1. The van der Waals surface area contributed by atoms with Crippen molar-refractivity contribution in [2.75, 3.05) is 19.3 Å². The van der Waals surface area contributed by atoms with Gasteiger partial charge in [-0.15, -0.1) is 0 Å². The summed E-state index contributed by atoms with van der Waals surface area (Å²) >= 11 is 6.76. The van der Waals surface area contributed by atoms with E-state index in [9.17, 15) is 9.18 Å². The second-order valence-electron chi connectivity index (χ2n) is 4.71. The van der Waals surface area contributed by atoms with Gasteiger partial charge in [0, 0.05) is 19.3 Å². The van der Waals surface area contributed by atoms with Crippen LogP contribution in [0.15, 0.2) is 18.5 Å². The summed E-state index contributed by atoms with van der Waals surface area (Å²) in [7, 11) is 0. The Labute approximate surface area is 126 Å². The highest BCUT2D eigenvalue weighted by molar-refractivity contribution is 8.02. The van der Waals surface area contributed by atoms with Crippen LogP contribution in [-0.2, 0) is 0 Å². The molecule has 2 rings (SSSR count). The lowest BCUT2D eigenvalue weighted by Crippen LogP contribution is -2.50. The lowest BCUT2D eigenvalue weighted by atomic mass is 9.95. The normalized spacial score (nSPS) is 17.8. The van der Waals surface area contributed by atoms with Crippen molar-refractivity contribution in [2.45, 2.75) is 17.6 Å². The standard InChI is InChI=1S/C13H16FN3OS2/c1-20-13(12(15)19)3-6-17(7-4-13)11(18)9-2-5-16-8-10(9)14/h2,5,8H,3-4,6-7H2,1H3,(H2,15,19). The van der Waals surface area contributed by atoms with E-state index < -0.39 is 5.82 Å². The van der Waals surface area contributed by atoms with Crippen LogP contribution in [0.4, 0.5) is 4.39 Å². The largest absolute Gasteiger partial charge is 0.392 e. The minimum absolute atomic E-state index is 0.0620. The third kappa shape index (κ3) is 2.78. The van der Waals surface area contributed by atoms with Crippen LogP contribution < -0.4 is 5.73 Å². The highest BCUT2D eigenvalue weighted by atomic mass is 32.2. The first-order chi connectivity index (χ1) is 9.50. The second kappa shape index (κ2) is 6.05. The molecule has 2 heterocycles. The first kappa shape index (κ1) is 15.2. The Bertz CT molecular complexity index is 530. The van der Waals surface area contributed by atoms with E-state index in [4.69, 9.17) is 18.0 Å². The first-order valence-corrected chi connectivity index (χ1v) is 7.87. The number of hydrogen-bond acceptors (Lipinski definition) is 4. The summed E-state index contributed by atoms with van der Waals surface area (Å²) in [5.74, 6) is -0.893. The Morgan fingerprint density at radius 1 is 1.55 bits per heavy atom. The summed E-state index contributed by atoms with van der Waals surface area (Å²) in [5, 5.41) is 0. The van der Waals surface area contributed by atoms with E-state index >= 15 is 0 Å². The minimum atomic E-state index is -0.589. The van der Waals surface area contributed by atoms with Crippen molar-refractivity contribution in [3.63, 3.8) is 0 Å². The predicted molar refractivity (Wildman–Crippen MR) is 82.4 cm³/mol.